The Kier molecular flexibility index (Phi) is 18.6. The minimum Gasteiger partial charge on any atom is -0.497 e. The molecule has 420 valence electrons. The van der Waals surface area contributed by atoms with Gasteiger partial charge in [-0.25, -0.2) is 14.4 Å². The summed E-state index contributed by atoms with van der Waals surface area (Å²) in [7, 11) is -0.933. The molecule has 2 heterocycles. The lowest BCUT2D eigenvalue weighted by molar-refractivity contribution is -0.124. The van der Waals surface area contributed by atoms with Crippen LogP contribution in [0.25, 0.3) is 0 Å². The number of hydrogen-bond acceptors (Lipinski definition) is 14. The first-order valence-corrected chi connectivity index (χ1v) is 29.6. The van der Waals surface area contributed by atoms with Crippen LogP contribution in [0.4, 0.5) is 5.82 Å². The van der Waals surface area contributed by atoms with Gasteiger partial charge in [-0.3, -0.25) is 18.4 Å². The van der Waals surface area contributed by atoms with Crippen LogP contribution in [0.3, 0.4) is 0 Å². The first kappa shape index (κ1) is 58.2. The highest BCUT2D eigenvalue weighted by atomic mass is 32.2. The molecule has 0 radical (unpaired) electrons. The molecule has 2 aliphatic rings. The predicted octanol–water partition coefficient (Wildman–Crippen LogP) is 11.0. The minimum atomic E-state index is -4.14. The van der Waals surface area contributed by atoms with Gasteiger partial charge in [0.2, 0.25) is 0 Å². The third-order valence-corrected chi connectivity index (χ3v) is 18.0. The van der Waals surface area contributed by atoms with Crippen molar-refractivity contribution in [1.82, 2.24) is 14.6 Å². The zero-order valence-corrected chi connectivity index (χ0v) is 47.5. The molecule has 5 atom stereocenters. The highest BCUT2D eigenvalue weighted by Gasteiger charge is 2.54. The van der Waals surface area contributed by atoms with E-state index in [0.29, 0.717) is 11.5 Å². The molecule has 17 heteroatoms. The van der Waals surface area contributed by atoms with Crippen molar-refractivity contribution in [2.24, 2.45) is 5.41 Å². The van der Waals surface area contributed by atoms with Crippen LogP contribution in [0.2, 0.25) is 0 Å². The number of aromatic nitrogens is 2. The zero-order chi connectivity index (χ0) is 56.4. The Hall–Kier alpha value is -6.43. The van der Waals surface area contributed by atoms with Crippen LogP contribution in [-0.4, -0.2) is 88.5 Å². The number of nitrogens with zero attached hydrogens (tertiary/aromatic N) is 2. The molecule has 1 aliphatic carbocycles. The average Bonchev–Trinajstić information content (AvgIpc) is 3.72. The Morgan fingerprint density at radius 2 is 1.21 bits per heavy atom. The number of carbonyl (C=O) groups excluding carboxylic acids is 1. The van der Waals surface area contributed by atoms with E-state index in [9.17, 15) is 24.4 Å². The summed E-state index contributed by atoms with van der Waals surface area (Å²) in [6.45, 7) is 4.54. The van der Waals surface area contributed by atoms with Crippen molar-refractivity contribution in [2.45, 2.75) is 94.1 Å². The quantitative estimate of drug-likeness (QED) is 0.0254. The summed E-state index contributed by atoms with van der Waals surface area (Å²) in [6, 6.07) is 56.4. The number of aliphatic hydroxyl groups is 2. The summed E-state index contributed by atoms with van der Waals surface area (Å²) in [4.78, 5) is 32.8. The molecule has 0 bridgehead atoms. The number of methoxy groups -OCH3 is 2. The molecule has 15 nitrogen and oxygen atoms in total. The van der Waals surface area contributed by atoms with Gasteiger partial charge in [0.15, 0.2) is 11.3 Å². The number of ether oxygens (including phenoxy) is 4. The lowest BCUT2D eigenvalue weighted by atomic mass is 9.77. The van der Waals surface area contributed by atoms with Crippen LogP contribution in [0.15, 0.2) is 187 Å². The third kappa shape index (κ3) is 12.7. The van der Waals surface area contributed by atoms with Gasteiger partial charge in [-0.2, -0.15) is 4.98 Å². The van der Waals surface area contributed by atoms with Crippen molar-refractivity contribution in [3.63, 3.8) is 0 Å². The third-order valence-electron chi connectivity index (χ3n) is 15.1. The number of anilines is 1. The fraction of sp³-hybridized carbons (Fsp3) is 0.349. The second kappa shape index (κ2) is 25.6. The number of rotatable bonds is 24. The second-order valence-electron chi connectivity index (χ2n) is 21.1. The topological polar surface area (TPSA) is 189 Å². The maximum atomic E-state index is 14.7. The molecular formula is C63H71N4O11PS. The Morgan fingerprint density at radius 1 is 0.725 bits per heavy atom. The van der Waals surface area contributed by atoms with Gasteiger partial charge >= 0.3 is 13.4 Å². The summed E-state index contributed by atoms with van der Waals surface area (Å²) in [5.74, 6) is 1.68. The molecule has 7 aromatic rings. The Bertz CT molecular complexity index is 3080. The minimum absolute atomic E-state index is 0.0745. The van der Waals surface area contributed by atoms with Gasteiger partial charge in [-0.05, 0) is 97.3 Å². The van der Waals surface area contributed by atoms with E-state index in [1.54, 1.807) is 20.3 Å². The van der Waals surface area contributed by atoms with Crippen molar-refractivity contribution in [2.75, 3.05) is 45.1 Å². The molecule has 1 saturated carbocycles. The number of carbonyl (C=O) groups is 1. The maximum Gasteiger partial charge on any atom is 0.405 e. The summed E-state index contributed by atoms with van der Waals surface area (Å²) in [5.41, 5.74) is -0.644. The first-order valence-electron chi connectivity index (χ1n) is 27.0. The van der Waals surface area contributed by atoms with Gasteiger partial charge < -0.3 is 34.5 Å². The lowest BCUT2D eigenvalue weighted by Crippen LogP contribution is -2.46. The molecule has 1 saturated heterocycles. The largest absolute Gasteiger partial charge is 0.497 e. The van der Waals surface area contributed by atoms with Crippen molar-refractivity contribution < 1.29 is 47.6 Å². The molecule has 1 aromatic heterocycles. The van der Waals surface area contributed by atoms with Gasteiger partial charge in [0.05, 0.1) is 39.5 Å². The van der Waals surface area contributed by atoms with E-state index >= 15 is 0 Å². The maximum absolute atomic E-state index is 14.7. The van der Waals surface area contributed by atoms with Gasteiger partial charge in [0, 0.05) is 18.0 Å². The number of benzene rings is 6. The molecule has 6 aromatic carbocycles. The molecule has 2 fully saturated rings. The molecule has 2 unspecified atom stereocenters. The molecule has 1 aliphatic heterocycles. The standard InChI is InChI=1S/C63H71N4O11PS/c1-60(2,44-75-63(48-23-13-7-14-24-48,49-25-15-8-16-26-49)50-27-17-9-18-28-50)58(69)80-42-41-76-79(72,66-51-29-19-10-20-30-51)77-43-54-56(68)61(3,71)57(78-54)67-40-39-55(64-59(67)70)65-62(45-21-11-6-12-22-45,46-31-35-52(73-4)36-32-46)47-33-37-53(74-5)38-34-47/h6-9,11-18,21-28,31-40,51,54,56-57,68,71H,10,19-20,29-30,41-44H2,1-5H3,(H,66,72)(H,64,65,70)/t54-,56+,57-,61?,79?/m1/s1. The van der Waals surface area contributed by atoms with Gasteiger partial charge in [-0.1, -0.05) is 177 Å². The molecular weight excluding hydrogens is 1050 g/mol. The Balaban J connectivity index is 0.888. The highest BCUT2D eigenvalue weighted by molar-refractivity contribution is 8.13. The van der Waals surface area contributed by atoms with Crippen LogP contribution in [0.1, 0.15) is 92.5 Å². The molecule has 0 spiro atoms. The smallest absolute Gasteiger partial charge is 0.405 e. The monoisotopic (exact) mass is 1120 g/mol. The molecule has 4 N–H and O–H groups in total. The first-order chi connectivity index (χ1) is 38.6. The number of aliphatic hydroxyl groups excluding tert-OH is 1. The van der Waals surface area contributed by atoms with Gasteiger partial charge in [-0.15, -0.1) is 0 Å². The van der Waals surface area contributed by atoms with Crippen LogP contribution in [0.5, 0.6) is 11.5 Å². The normalized spacial score (nSPS) is 19.7. The Labute approximate surface area is 472 Å². The number of thioether (sulfide) groups is 1. The van der Waals surface area contributed by atoms with E-state index in [-0.39, 0.29) is 35.9 Å². The second-order valence-corrected chi connectivity index (χ2v) is 23.9. The average molecular weight is 1120 g/mol. The number of hydrogen-bond donors (Lipinski definition) is 4. The molecule has 9 rings (SSSR count). The molecule has 0 amide bonds. The predicted molar refractivity (Wildman–Crippen MR) is 311 cm³/mol. The summed E-state index contributed by atoms with van der Waals surface area (Å²) >= 11 is 1.06. The van der Waals surface area contributed by atoms with Crippen LogP contribution >= 0.6 is 19.5 Å². The van der Waals surface area contributed by atoms with E-state index in [1.807, 2.05) is 184 Å². The van der Waals surface area contributed by atoms with Crippen LogP contribution in [0, 0.1) is 5.41 Å². The van der Waals surface area contributed by atoms with Crippen molar-refractivity contribution in [1.29, 1.82) is 0 Å². The van der Waals surface area contributed by atoms with Crippen LogP contribution < -0.4 is 25.6 Å². The summed E-state index contributed by atoms with van der Waals surface area (Å²) in [5, 5.41) is 30.1. The van der Waals surface area contributed by atoms with E-state index in [4.69, 9.17) is 28.0 Å². The lowest BCUT2D eigenvalue weighted by Gasteiger charge is -2.38. The molecule has 80 heavy (non-hydrogen) atoms. The van der Waals surface area contributed by atoms with E-state index in [1.165, 1.54) is 13.1 Å². The SMILES string of the molecule is COc1ccc(C(Nc2ccn([C@@H]3O[C@H](COP(=O)(NC4CCCCC4)OCCSC(=O)C(C)(C)COC(c4ccccc4)(c4ccccc4)c4ccccc4)[C@H](O)C3(C)O)c(=O)n2)(c2ccccc2)c2ccc(OC)cc2)cc1. The van der Waals surface area contributed by atoms with Crippen molar-refractivity contribution >= 4 is 30.4 Å². The fourth-order valence-corrected chi connectivity index (χ4v) is 13.2. The Morgan fingerprint density at radius 3 is 1.70 bits per heavy atom. The highest BCUT2D eigenvalue weighted by Crippen LogP contribution is 2.49. The summed E-state index contributed by atoms with van der Waals surface area (Å²) in [6.07, 6.45) is 1.58. The van der Waals surface area contributed by atoms with E-state index in [2.05, 4.69) is 15.4 Å². The van der Waals surface area contributed by atoms with E-state index < -0.39 is 60.6 Å². The van der Waals surface area contributed by atoms with Crippen molar-refractivity contribution in [3.8, 4) is 11.5 Å². The van der Waals surface area contributed by atoms with Crippen molar-refractivity contribution in [3.05, 3.63) is 226 Å². The van der Waals surface area contributed by atoms with Gasteiger partial charge in [0.25, 0.3) is 0 Å². The zero-order valence-electron chi connectivity index (χ0n) is 45.8. The van der Waals surface area contributed by atoms with Gasteiger partial charge in [0.1, 0.15) is 46.3 Å². The van der Waals surface area contributed by atoms with E-state index in [0.717, 1.165) is 81.8 Å². The fourth-order valence-electron chi connectivity index (χ4n) is 10.7. The number of nitrogens with one attached hydrogen (secondary N) is 2. The summed E-state index contributed by atoms with van der Waals surface area (Å²) < 4.78 is 52.3. The van der Waals surface area contributed by atoms with Crippen LogP contribution in [-0.2, 0) is 39.0 Å².